The van der Waals surface area contributed by atoms with Crippen LogP contribution >= 0.6 is 0 Å². The molecule has 3 heterocycles. The third-order valence-corrected chi connectivity index (χ3v) is 11.6. The normalized spacial score (nSPS) is 16.0. The lowest BCUT2D eigenvalue weighted by atomic mass is 9.92. The van der Waals surface area contributed by atoms with Crippen molar-refractivity contribution in [1.82, 2.24) is 19.7 Å². The van der Waals surface area contributed by atoms with Crippen molar-refractivity contribution in [3.8, 4) is 34.6 Å². The van der Waals surface area contributed by atoms with Crippen molar-refractivity contribution in [2.45, 2.75) is 56.8 Å². The van der Waals surface area contributed by atoms with Crippen LogP contribution in [0.1, 0.15) is 19.8 Å². The van der Waals surface area contributed by atoms with Crippen molar-refractivity contribution in [3.05, 3.63) is 36.4 Å². The highest BCUT2D eigenvalue weighted by Gasteiger charge is 2.41. The molecule has 0 spiro atoms. The van der Waals surface area contributed by atoms with Gasteiger partial charge in [0, 0.05) is 33.9 Å². The summed E-state index contributed by atoms with van der Waals surface area (Å²) in [5.74, 6) is 1.32. The summed E-state index contributed by atoms with van der Waals surface area (Å²) < 4.78 is 54.3. The number of hydrogen-bond donors (Lipinski definition) is 1. The van der Waals surface area contributed by atoms with Crippen LogP contribution in [0.4, 0.5) is 5.95 Å². The first-order chi connectivity index (χ1) is 20.4. The molecule has 14 heteroatoms. The first kappa shape index (κ1) is 32.7. The molecule has 12 nitrogen and oxygen atoms in total. The Labute approximate surface area is 255 Å². The number of ether oxygens (including phenoxy) is 4. The number of para-hydroxylation sites is 1. The Bertz CT molecular complexity index is 1470. The minimum Gasteiger partial charge on any atom is -0.494 e. The molecule has 2 aromatic heterocycles. The summed E-state index contributed by atoms with van der Waals surface area (Å²) in [4.78, 5) is 4.56. The Hall–Kier alpha value is -3.20. The molecule has 2 atom stereocenters. The Morgan fingerprint density at radius 3 is 2.23 bits per heavy atom. The molecular weight excluding hydrogens is 591 g/mol. The molecule has 0 radical (unpaired) electrons. The maximum atomic E-state index is 14.5. The van der Waals surface area contributed by atoms with Crippen LogP contribution in [-0.2, 0) is 14.8 Å². The quantitative estimate of drug-likeness (QED) is 0.275. The summed E-state index contributed by atoms with van der Waals surface area (Å²) in [6.45, 7) is 9.24. The summed E-state index contributed by atoms with van der Waals surface area (Å²) >= 11 is 0. The number of rotatable bonds is 13. The standard InChI is InChI=1S/C29H43N5O7SSi/c1-20(27(35)21-14-17-41-18-15-21)42(36,37)33(16-19-43(5,6)7)29-32-31-28(22-10-8-13-25(30-22)40-4)34(29)26-23(38-2)11-9-12-24(26)39-3/h8-13,20-21,27,35H,14-19H2,1-7H3/t20-,27+/m0/s1. The molecule has 0 bridgehead atoms. The van der Waals surface area contributed by atoms with Gasteiger partial charge in [0.25, 0.3) is 0 Å². The van der Waals surface area contributed by atoms with Gasteiger partial charge in [-0.3, -0.25) is 4.57 Å². The zero-order valence-electron chi connectivity index (χ0n) is 26.0. The van der Waals surface area contributed by atoms with E-state index < -0.39 is 29.5 Å². The van der Waals surface area contributed by atoms with Gasteiger partial charge in [0.15, 0.2) is 5.82 Å². The van der Waals surface area contributed by atoms with Gasteiger partial charge in [-0.15, -0.1) is 10.2 Å². The number of aromatic nitrogens is 4. The van der Waals surface area contributed by atoms with Gasteiger partial charge in [-0.05, 0) is 49.9 Å². The fourth-order valence-electron chi connectivity index (χ4n) is 5.11. The maximum Gasteiger partial charge on any atom is 0.246 e. The largest absolute Gasteiger partial charge is 0.494 e. The molecule has 1 saturated heterocycles. The lowest BCUT2D eigenvalue weighted by Gasteiger charge is -2.34. The number of nitrogens with zero attached hydrogens (tertiary/aromatic N) is 5. The van der Waals surface area contributed by atoms with E-state index in [1.165, 1.54) is 25.6 Å². The number of sulfonamides is 1. The van der Waals surface area contributed by atoms with Crippen molar-refractivity contribution in [2.24, 2.45) is 5.92 Å². The molecule has 0 amide bonds. The number of methoxy groups -OCH3 is 3. The molecule has 1 aliphatic rings. The van der Waals surface area contributed by atoms with Gasteiger partial charge in [0.05, 0.1) is 27.4 Å². The molecule has 4 rings (SSSR count). The van der Waals surface area contributed by atoms with Crippen LogP contribution in [0.5, 0.6) is 17.4 Å². The van der Waals surface area contributed by atoms with Crippen LogP contribution in [0.2, 0.25) is 25.7 Å². The second-order valence-corrected chi connectivity index (χ2v) is 19.6. The van der Waals surface area contributed by atoms with Crippen molar-refractivity contribution < 1.29 is 32.5 Å². The number of benzene rings is 1. The number of aliphatic hydroxyl groups excluding tert-OH is 1. The van der Waals surface area contributed by atoms with Gasteiger partial charge in [-0.2, -0.15) is 0 Å². The van der Waals surface area contributed by atoms with Gasteiger partial charge < -0.3 is 24.1 Å². The first-order valence-electron chi connectivity index (χ1n) is 14.4. The molecule has 1 fully saturated rings. The Kier molecular flexibility index (Phi) is 10.4. The topological polar surface area (TPSA) is 138 Å². The van der Waals surface area contributed by atoms with Crippen LogP contribution in [0.15, 0.2) is 36.4 Å². The molecule has 0 aliphatic carbocycles. The fraction of sp³-hybridized carbons (Fsp3) is 0.552. The summed E-state index contributed by atoms with van der Waals surface area (Å²) in [6, 6.07) is 11.2. The smallest absolute Gasteiger partial charge is 0.246 e. The predicted octanol–water partition coefficient (Wildman–Crippen LogP) is 4.01. The minimum atomic E-state index is -4.16. The van der Waals surface area contributed by atoms with Crippen LogP contribution < -0.4 is 18.5 Å². The number of pyridine rings is 1. The molecule has 0 unspecified atom stereocenters. The van der Waals surface area contributed by atoms with Gasteiger partial charge in [-0.25, -0.2) is 17.7 Å². The van der Waals surface area contributed by atoms with E-state index in [4.69, 9.17) is 18.9 Å². The van der Waals surface area contributed by atoms with Crippen LogP contribution in [0.25, 0.3) is 17.2 Å². The van der Waals surface area contributed by atoms with E-state index in [0.717, 1.165) is 0 Å². The molecule has 0 saturated carbocycles. The summed E-state index contributed by atoms with van der Waals surface area (Å²) in [5.41, 5.74) is 0.821. The van der Waals surface area contributed by atoms with E-state index in [1.54, 1.807) is 47.9 Å². The van der Waals surface area contributed by atoms with E-state index in [9.17, 15) is 13.5 Å². The molecular formula is C29H43N5O7SSi. The maximum absolute atomic E-state index is 14.5. The third kappa shape index (κ3) is 7.14. The number of aliphatic hydroxyl groups is 1. The van der Waals surface area contributed by atoms with Gasteiger partial charge in [0.1, 0.15) is 28.1 Å². The van der Waals surface area contributed by atoms with Crippen LogP contribution in [0.3, 0.4) is 0 Å². The molecule has 1 aliphatic heterocycles. The zero-order valence-corrected chi connectivity index (χ0v) is 27.8. The Morgan fingerprint density at radius 1 is 1.02 bits per heavy atom. The van der Waals surface area contributed by atoms with Crippen molar-refractivity contribution >= 4 is 24.0 Å². The summed E-state index contributed by atoms with van der Waals surface area (Å²) in [7, 11) is -1.34. The van der Waals surface area contributed by atoms with Crippen molar-refractivity contribution in [2.75, 3.05) is 45.4 Å². The molecule has 3 aromatic rings. The fourth-order valence-corrected chi connectivity index (χ4v) is 7.83. The third-order valence-electron chi connectivity index (χ3n) is 7.73. The van der Waals surface area contributed by atoms with E-state index in [0.29, 0.717) is 60.9 Å². The van der Waals surface area contributed by atoms with E-state index in [2.05, 4.69) is 34.8 Å². The zero-order chi connectivity index (χ0) is 31.4. The second-order valence-electron chi connectivity index (χ2n) is 11.8. The molecule has 236 valence electrons. The number of anilines is 1. The van der Waals surface area contributed by atoms with E-state index in [-0.39, 0.29) is 24.2 Å². The lowest BCUT2D eigenvalue weighted by molar-refractivity contribution is 0.00812. The highest BCUT2D eigenvalue weighted by atomic mass is 32.2. The van der Waals surface area contributed by atoms with Crippen molar-refractivity contribution in [3.63, 3.8) is 0 Å². The molecule has 1 N–H and O–H groups in total. The average molecular weight is 634 g/mol. The van der Waals surface area contributed by atoms with Gasteiger partial charge in [0.2, 0.25) is 21.9 Å². The van der Waals surface area contributed by atoms with Crippen LogP contribution in [-0.4, -0.2) is 93.8 Å². The minimum absolute atomic E-state index is 0.0479. The summed E-state index contributed by atoms with van der Waals surface area (Å²) in [5, 5.41) is 19.2. The highest BCUT2D eigenvalue weighted by Crippen LogP contribution is 2.39. The molecule has 1 aromatic carbocycles. The lowest BCUT2D eigenvalue weighted by Crippen LogP contribution is -2.48. The molecule has 43 heavy (non-hydrogen) atoms. The highest BCUT2D eigenvalue weighted by molar-refractivity contribution is 7.93. The van der Waals surface area contributed by atoms with E-state index in [1.807, 2.05) is 0 Å². The van der Waals surface area contributed by atoms with Crippen LogP contribution in [0, 0.1) is 5.92 Å². The number of hydrogen-bond acceptors (Lipinski definition) is 10. The Morgan fingerprint density at radius 2 is 1.65 bits per heavy atom. The average Bonchev–Trinajstić information content (AvgIpc) is 3.43. The first-order valence-corrected chi connectivity index (χ1v) is 19.6. The van der Waals surface area contributed by atoms with Crippen molar-refractivity contribution in [1.29, 1.82) is 0 Å². The predicted molar refractivity (Wildman–Crippen MR) is 168 cm³/mol. The van der Waals surface area contributed by atoms with E-state index >= 15 is 0 Å². The SMILES string of the molecule is COc1cccc(-c2nnc(N(CC[Si](C)(C)C)S(=O)(=O)[C@@H](C)[C@@H](O)C3CCOCC3)n2-c2c(OC)cccc2OC)n1. The Balaban J connectivity index is 1.96. The van der Waals surface area contributed by atoms with Gasteiger partial charge >= 0.3 is 0 Å². The van der Waals surface area contributed by atoms with Gasteiger partial charge in [-0.1, -0.05) is 31.8 Å². The summed E-state index contributed by atoms with van der Waals surface area (Å²) in [6.07, 6.45) is 0.104. The monoisotopic (exact) mass is 633 g/mol. The second kappa shape index (κ2) is 13.6.